The molecule has 0 aromatic heterocycles. The molecule has 1 unspecified atom stereocenters. The second-order valence-corrected chi connectivity index (χ2v) is 10.4. The van der Waals surface area contributed by atoms with Gasteiger partial charge in [0.1, 0.15) is 24.2 Å². The predicted molar refractivity (Wildman–Crippen MR) is 135 cm³/mol. The molecule has 0 spiro atoms. The van der Waals surface area contributed by atoms with Gasteiger partial charge in [0.25, 0.3) is 0 Å². The van der Waals surface area contributed by atoms with Crippen molar-refractivity contribution in [1.29, 1.82) is 0 Å². The van der Waals surface area contributed by atoms with Gasteiger partial charge in [0, 0.05) is 13.1 Å². The van der Waals surface area contributed by atoms with Crippen molar-refractivity contribution in [3.05, 3.63) is 58.9 Å². The van der Waals surface area contributed by atoms with Crippen molar-refractivity contribution in [1.82, 2.24) is 10.2 Å². The molecule has 8 nitrogen and oxygen atoms in total. The number of halogens is 2. The molecule has 0 aliphatic rings. The Bertz CT molecular complexity index is 1130. The molecule has 2 amide bonds. The first kappa shape index (κ1) is 28.4. The Labute approximate surface area is 211 Å². The number of nitrogens with zero attached hydrogens (tertiary/aromatic N) is 2. The van der Waals surface area contributed by atoms with Crippen LogP contribution in [0, 0.1) is 5.82 Å². The van der Waals surface area contributed by atoms with Crippen LogP contribution in [0.2, 0.25) is 5.02 Å². The molecule has 1 N–H and O–H groups in total. The van der Waals surface area contributed by atoms with Crippen molar-refractivity contribution in [2.45, 2.75) is 39.3 Å². The third-order valence-electron chi connectivity index (χ3n) is 5.38. The summed E-state index contributed by atoms with van der Waals surface area (Å²) in [6.45, 7) is 3.52. The SMILES string of the molecule is CCCCNC(=O)C(C)N(Cc1ccc(OC)cc1)C(=O)CN(c1ccc(F)c(Cl)c1)S(C)(=O)=O. The Morgan fingerprint density at radius 2 is 1.83 bits per heavy atom. The van der Waals surface area contributed by atoms with Crippen molar-refractivity contribution in [3.63, 3.8) is 0 Å². The molecule has 0 aliphatic heterocycles. The van der Waals surface area contributed by atoms with Crippen molar-refractivity contribution < 1.29 is 27.1 Å². The molecule has 0 saturated heterocycles. The molecular formula is C24H31ClFN3O5S. The van der Waals surface area contributed by atoms with Crippen LogP contribution >= 0.6 is 11.6 Å². The lowest BCUT2D eigenvalue weighted by atomic mass is 10.1. The Hall–Kier alpha value is -2.85. The molecule has 0 bridgehead atoms. The van der Waals surface area contributed by atoms with Gasteiger partial charge >= 0.3 is 0 Å². The van der Waals surface area contributed by atoms with Gasteiger partial charge in [-0.15, -0.1) is 0 Å². The van der Waals surface area contributed by atoms with E-state index in [1.807, 2.05) is 6.92 Å². The summed E-state index contributed by atoms with van der Waals surface area (Å²) in [5.74, 6) is -1.04. The van der Waals surface area contributed by atoms with E-state index in [-0.39, 0.29) is 23.2 Å². The van der Waals surface area contributed by atoms with Gasteiger partial charge in [-0.2, -0.15) is 0 Å². The molecule has 192 valence electrons. The largest absolute Gasteiger partial charge is 0.497 e. The number of benzene rings is 2. The number of carbonyl (C=O) groups is 2. The summed E-state index contributed by atoms with van der Waals surface area (Å²) in [6, 6.07) is 9.49. The first-order valence-electron chi connectivity index (χ1n) is 11.1. The van der Waals surface area contributed by atoms with Gasteiger partial charge in [0.15, 0.2) is 0 Å². The number of unbranched alkanes of at least 4 members (excludes halogenated alkanes) is 1. The van der Waals surface area contributed by atoms with Gasteiger partial charge < -0.3 is 15.0 Å². The van der Waals surface area contributed by atoms with Gasteiger partial charge in [-0.25, -0.2) is 12.8 Å². The van der Waals surface area contributed by atoms with Crippen LogP contribution in [0.25, 0.3) is 0 Å². The lowest BCUT2D eigenvalue weighted by molar-refractivity contribution is -0.139. The number of nitrogens with one attached hydrogen (secondary N) is 1. The van der Waals surface area contributed by atoms with Gasteiger partial charge in [0.05, 0.1) is 24.1 Å². The molecule has 2 rings (SSSR count). The second kappa shape index (κ2) is 12.7. The van der Waals surface area contributed by atoms with E-state index in [0.717, 1.165) is 41.1 Å². The standard InChI is InChI=1S/C24H31ClFN3O5S/c1-5-6-13-27-24(31)17(2)28(15-18-7-10-20(34-3)11-8-18)23(30)16-29(35(4,32)33)19-9-12-22(26)21(25)14-19/h7-12,14,17H,5-6,13,15-16H2,1-4H3,(H,27,31). The van der Waals surface area contributed by atoms with E-state index < -0.39 is 34.3 Å². The zero-order valence-corrected chi connectivity index (χ0v) is 21.8. The van der Waals surface area contributed by atoms with E-state index >= 15 is 0 Å². The van der Waals surface area contributed by atoms with Gasteiger partial charge in [-0.05, 0) is 49.2 Å². The molecule has 11 heteroatoms. The third-order valence-corrected chi connectivity index (χ3v) is 6.81. The summed E-state index contributed by atoms with van der Waals surface area (Å²) in [6.07, 6.45) is 2.62. The molecule has 35 heavy (non-hydrogen) atoms. The van der Waals surface area contributed by atoms with Gasteiger partial charge in [-0.3, -0.25) is 13.9 Å². The highest BCUT2D eigenvalue weighted by atomic mass is 35.5. The molecule has 0 radical (unpaired) electrons. The van der Waals surface area contributed by atoms with E-state index in [2.05, 4.69) is 5.32 Å². The number of hydrogen-bond acceptors (Lipinski definition) is 5. The minimum atomic E-state index is -3.93. The third kappa shape index (κ3) is 8.10. The topological polar surface area (TPSA) is 96.0 Å². The lowest BCUT2D eigenvalue weighted by Crippen LogP contribution is -2.51. The van der Waals surface area contributed by atoms with Crippen LogP contribution < -0.4 is 14.4 Å². The quantitative estimate of drug-likeness (QED) is 0.426. The smallest absolute Gasteiger partial charge is 0.244 e. The number of sulfonamides is 1. The molecule has 0 heterocycles. The summed E-state index contributed by atoms with van der Waals surface area (Å²) in [4.78, 5) is 27.5. The second-order valence-electron chi connectivity index (χ2n) is 8.06. The number of methoxy groups -OCH3 is 1. The highest BCUT2D eigenvalue weighted by molar-refractivity contribution is 7.92. The number of rotatable bonds is 12. The average Bonchev–Trinajstić information content (AvgIpc) is 2.82. The maximum atomic E-state index is 13.6. The monoisotopic (exact) mass is 527 g/mol. The molecule has 0 fully saturated rings. The van der Waals surface area contributed by atoms with Crippen LogP contribution in [0.4, 0.5) is 10.1 Å². The maximum Gasteiger partial charge on any atom is 0.244 e. The first-order valence-corrected chi connectivity index (χ1v) is 13.3. The molecule has 2 aromatic rings. The fourth-order valence-electron chi connectivity index (χ4n) is 3.30. The van der Waals surface area contributed by atoms with Crippen molar-refractivity contribution in [3.8, 4) is 5.75 Å². The Morgan fingerprint density at radius 1 is 1.17 bits per heavy atom. The summed E-state index contributed by atoms with van der Waals surface area (Å²) in [7, 11) is -2.40. The molecule has 0 aliphatic carbocycles. The predicted octanol–water partition coefficient (Wildman–Crippen LogP) is 3.59. The zero-order valence-electron chi connectivity index (χ0n) is 20.3. The number of carbonyl (C=O) groups excluding carboxylic acids is 2. The van der Waals surface area contributed by atoms with Crippen molar-refractivity contribution in [2.24, 2.45) is 0 Å². The van der Waals surface area contributed by atoms with E-state index in [1.54, 1.807) is 31.2 Å². The first-order chi connectivity index (χ1) is 16.5. The Morgan fingerprint density at radius 3 is 2.37 bits per heavy atom. The fraction of sp³-hybridized carbons (Fsp3) is 0.417. The summed E-state index contributed by atoms with van der Waals surface area (Å²) in [5, 5.41) is 2.53. The van der Waals surface area contributed by atoms with Crippen LogP contribution in [0.1, 0.15) is 32.3 Å². The summed E-state index contributed by atoms with van der Waals surface area (Å²) < 4.78 is 44.7. The van der Waals surface area contributed by atoms with Gasteiger partial charge in [-0.1, -0.05) is 37.1 Å². The summed E-state index contributed by atoms with van der Waals surface area (Å²) in [5.41, 5.74) is 0.764. The Balaban J connectivity index is 2.36. The fourth-order valence-corrected chi connectivity index (χ4v) is 4.32. The highest BCUT2D eigenvalue weighted by Gasteiger charge is 2.30. The Kier molecular flexibility index (Phi) is 10.3. The van der Waals surface area contributed by atoms with Crippen LogP contribution in [0.5, 0.6) is 5.75 Å². The molecular weight excluding hydrogens is 497 g/mol. The average molecular weight is 528 g/mol. The number of anilines is 1. The minimum Gasteiger partial charge on any atom is -0.497 e. The lowest BCUT2D eigenvalue weighted by Gasteiger charge is -2.31. The van der Waals surface area contributed by atoms with E-state index in [4.69, 9.17) is 16.3 Å². The number of hydrogen-bond donors (Lipinski definition) is 1. The zero-order chi connectivity index (χ0) is 26.2. The highest BCUT2D eigenvalue weighted by Crippen LogP contribution is 2.25. The van der Waals surface area contributed by atoms with Crippen LogP contribution in [-0.2, 0) is 26.2 Å². The normalized spacial score (nSPS) is 12.1. The number of ether oxygens (including phenoxy) is 1. The minimum absolute atomic E-state index is 0.0386. The van der Waals surface area contributed by atoms with Crippen LogP contribution in [-0.4, -0.2) is 57.6 Å². The summed E-state index contributed by atoms with van der Waals surface area (Å²) >= 11 is 5.84. The molecule has 1 atom stereocenters. The molecule has 0 saturated carbocycles. The van der Waals surface area contributed by atoms with Crippen LogP contribution in [0.3, 0.4) is 0 Å². The maximum absolute atomic E-state index is 13.6. The van der Waals surface area contributed by atoms with Crippen molar-refractivity contribution in [2.75, 3.05) is 30.8 Å². The van der Waals surface area contributed by atoms with Crippen molar-refractivity contribution >= 4 is 39.1 Å². The molecule has 2 aromatic carbocycles. The van der Waals surface area contributed by atoms with E-state index in [1.165, 1.54) is 18.1 Å². The van der Waals surface area contributed by atoms with Crippen LogP contribution in [0.15, 0.2) is 42.5 Å². The van der Waals surface area contributed by atoms with E-state index in [9.17, 15) is 22.4 Å². The number of amides is 2. The van der Waals surface area contributed by atoms with E-state index in [0.29, 0.717) is 12.3 Å². The van der Waals surface area contributed by atoms with Gasteiger partial charge in [0.2, 0.25) is 21.8 Å².